The lowest BCUT2D eigenvalue weighted by molar-refractivity contribution is 0.466. The molecule has 1 aliphatic rings. The van der Waals surface area contributed by atoms with Crippen LogP contribution < -0.4 is 4.72 Å². The second kappa shape index (κ2) is 6.15. The molecule has 0 heterocycles. The summed E-state index contributed by atoms with van der Waals surface area (Å²) in [5, 5.41) is 0. The van der Waals surface area contributed by atoms with Crippen molar-refractivity contribution >= 4 is 26.0 Å². The van der Waals surface area contributed by atoms with Crippen molar-refractivity contribution in [3.63, 3.8) is 0 Å². The average Bonchev–Trinajstić information content (AvgIpc) is 2.37. The molecule has 2 rings (SSSR count). The first-order valence-corrected chi connectivity index (χ1v) is 8.36. The van der Waals surface area contributed by atoms with E-state index in [1.54, 1.807) is 0 Å². The van der Waals surface area contributed by atoms with Gasteiger partial charge in [0.2, 0.25) is 10.0 Å². The summed E-state index contributed by atoms with van der Waals surface area (Å²) in [7, 11) is -3.78. The maximum absolute atomic E-state index is 13.7. The lowest BCUT2D eigenvalue weighted by Gasteiger charge is -2.18. The Morgan fingerprint density at radius 3 is 2.79 bits per heavy atom. The van der Waals surface area contributed by atoms with Crippen LogP contribution in [0.3, 0.4) is 0 Å². The minimum Gasteiger partial charge on any atom is -0.211 e. The molecule has 0 saturated carbocycles. The van der Waals surface area contributed by atoms with E-state index in [2.05, 4.69) is 32.8 Å². The molecule has 1 unspecified atom stereocenters. The highest BCUT2D eigenvalue weighted by Gasteiger charge is 2.20. The monoisotopic (exact) mass is 347 g/mol. The van der Waals surface area contributed by atoms with Crippen molar-refractivity contribution in [1.82, 2.24) is 4.72 Å². The van der Waals surface area contributed by atoms with Gasteiger partial charge >= 0.3 is 0 Å². The summed E-state index contributed by atoms with van der Waals surface area (Å²) in [6, 6.07) is 3.93. The molecule has 0 fully saturated rings. The van der Waals surface area contributed by atoms with Crippen LogP contribution in [0.1, 0.15) is 19.3 Å². The summed E-state index contributed by atoms with van der Waals surface area (Å²) in [6.45, 7) is 0.349. The Bertz CT molecular complexity index is 586. The van der Waals surface area contributed by atoms with Crippen LogP contribution in [0.4, 0.5) is 4.39 Å². The molecule has 0 amide bonds. The fraction of sp³-hybridized carbons (Fsp3) is 0.385. The summed E-state index contributed by atoms with van der Waals surface area (Å²) in [5.41, 5.74) is 0. The zero-order valence-electron chi connectivity index (χ0n) is 10.3. The Labute approximate surface area is 121 Å². The van der Waals surface area contributed by atoms with Crippen LogP contribution in [0, 0.1) is 11.7 Å². The van der Waals surface area contributed by atoms with Gasteiger partial charge in [0.25, 0.3) is 0 Å². The number of benzene rings is 1. The fourth-order valence-electron chi connectivity index (χ4n) is 2.04. The molecule has 1 aromatic carbocycles. The fourth-order valence-corrected chi connectivity index (χ4v) is 3.55. The zero-order valence-corrected chi connectivity index (χ0v) is 12.7. The van der Waals surface area contributed by atoms with E-state index in [1.807, 2.05) is 0 Å². The molecule has 0 radical (unpaired) electrons. The first-order chi connectivity index (χ1) is 8.99. The molecular formula is C13H15BrFNO2S. The van der Waals surface area contributed by atoms with E-state index in [4.69, 9.17) is 0 Å². The van der Waals surface area contributed by atoms with Crippen LogP contribution in [0.15, 0.2) is 39.7 Å². The molecule has 1 atom stereocenters. The van der Waals surface area contributed by atoms with Crippen molar-refractivity contribution in [2.24, 2.45) is 5.92 Å². The third-order valence-corrected chi connectivity index (χ3v) is 5.07. The van der Waals surface area contributed by atoms with Gasteiger partial charge in [0.1, 0.15) is 10.7 Å². The molecule has 1 aliphatic carbocycles. The summed E-state index contributed by atoms with van der Waals surface area (Å²) in [5.74, 6) is -0.455. The molecule has 0 aromatic heterocycles. The van der Waals surface area contributed by atoms with Gasteiger partial charge in [0.05, 0.1) is 0 Å². The van der Waals surface area contributed by atoms with Crippen molar-refractivity contribution < 1.29 is 12.8 Å². The highest BCUT2D eigenvalue weighted by atomic mass is 79.9. The molecule has 1 N–H and O–H groups in total. The van der Waals surface area contributed by atoms with E-state index in [1.165, 1.54) is 12.1 Å². The van der Waals surface area contributed by atoms with E-state index in [0.717, 1.165) is 25.3 Å². The predicted octanol–water partition coefficient (Wildman–Crippen LogP) is 3.22. The van der Waals surface area contributed by atoms with Crippen LogP contribution >= 0.6 is 15.9 Å². The van der Waals surface area contributed by atoms with Crippen LogP contribution in [-0.4, -0.2) is 15.0 Å². The van der Waals surface area contributed by atoms with Gasteiger partial charge in [-0.2, -0.15) is 0 Å². The van der Waals surface area contributed by atoms with E-state index in [9.17, 15) is 12.8 Å². The van der Waals surface area contributed by atoms with Gasteiger partial charge in [-0.3, -0.25) is 0 Å². The van der Waals surface area contributed by atoms with Crippen molar-refractivity contribution in [3.05, 3.63) is 40.6 Å². The number of nitrogens with one attached hydrogen (secondary N) is 1. The first kappa shape index (κ1) is 14.7. The molecule has 6 heteroatoms. The lowest BCUT2D eigenvalue weighted by atomic mass is 9.95. The van der Waals surface area contributed by atoms with Crippen molar-refractivity contribution in [2.45, 2.75) is 24.2 Å². The molecule has 0 bridgehead atoms. The summed E-state index contributed by atoms with van der Waals surface area (Å²) in [6.07, 6.45) is 6.95. The summed E-state index contributed by atoms with van der Waals surface area (Å²) < 4.78 is 40.7. The highest BCUT2D eigenvalue weighted by Crippen LogP contribution is 2.21. The van der Waals surface area contributed by atoms with Gasteiger partial charge in [0.15, 0.2) is 0 Å². The molecule has 104 valence electrons. The average molecular weight is 348 g/mol. The van der Waals surface area contributed by atoms with Gasteiger partial charge in [-0.25, -0.2) is 17.5 Å². The largest absolute Gasteiger partial charge is 0.243 e. The summed E-state index contributed by atoms with van der Waals surface area (Å²) >= 11 is 3.10. The molecule has 0 aliphatic heterocycles. The topological polar surface area (TPSA) is 46.2 Å². The molecule has 0 saturated heterocycles. The smallest absolute Gasteiger partial charge is 0.211 e. The number of hydrogen-bond acceptors (Lipinski definition) is 2. The van der Waals surface area contributed by atoms with E-state index >= 15 is 0 Å². The Kier molecular flexibility index (Phi) is 4.76. The Morgan fingerprint density at radius 2 is 2.16 bits per heavy atom. The van der Waals surface area contributed by atoms with Crippen LogP contribution in [0.25, 0.3) is 0 Å². The molecule has 1 aromatic rings. The van der Waals surface area contributed by atoms with Gasteiger partial charge in [0, 0.05) is 11.0 Å². The van der Waals surface area contributed by atoms with Gasteiger partial charge in [-0.05, 0) is 43.4 Å². The Balaban J connectivity index is 2.07. The summed E-state index contributed by atoms with van der Waals surface area (Å²) in [4.78, 5) is -0.304. The van der Waals surface area contributed by atoms with Crippen LogP contribution in [0.5, 0.6) is 0 Å². The second-order valence-corrected chi connectivity index (χ2v) is 7.23. The van der Waals surface area contributed by atoms with E-state index in [-0.39, 0.29) is 4.90 Å². The molecule has 3 nitrogen and oxygen atoms in total. The number of halogens is 2. The van der Waals surface area contributed by atoms with Crippen molar-refractivity contribution in [3.8, 4) is 0 Å². The third kappa shape index (κ3) is 3.87. The molecular weight excluding hydrogens is 333 g/mol. The third-order valence-electron chi connectivity index (χ3n) is 3.12. The minimum atomic E-state index is -3.78. The van der Waals surface area contributed by atoms with Gasteiger partial charge in [-0.15, -0.1) is 0 Å². The Morgan fingerprint density at radius 1 is 1.37 bits per heavy atom. The number of rotatable bonds is 4. The standard InChI is InChI=1S/C13H15BrFNO2S/c14-11-6-7-13(12(15)8-11)19(17,18)16-9-10-4-2-1-3-5-10/h1-2,6-8,10,16H,3-5,9H2. The maximum Gasteiger partial charge on any atom is 0.243 e. The SMILES string of the molecule is O=S(=O)(NCC1CC=CCC1)c1ccc(Br)cc1F. The van der Waals surface area contributed by atoms with Crippen molar-refractivity contribution in [2.75, 3.05) is 6.54 Å². The maximum atomic E-state index is 13.7. The van der Waals surface area contributed by atoms with E-state index < -0.39 is 15.8 Å². The quantitative estimate of drug-likeness (QED) is 0.850. The Hall–Kier alpha value is -0.720. The van der Waals surface area contributed by atoms with Crippen LogP contribution in [-0.2, 0) is 10.0 Å². The van der Waals surface area contributed by atoms with Crippen molar-refractivity contribution in [1.29, 1.82) is 0 Å². The number of sulfonamides is 1. The normalized spacial score (nSPS) is 19.6. The first-order valence-electron chi connectivity index (χ1n) is 6.09. The van der Waals surface area contributed by atoms with Gasteiger partial charge in [-0.1, -0.05) is 28.1 Å². The highest BCUT2D eigenvalue weighted by molar-refractivity contribution is 9.10. The van der Waals surface area contributed by atoms with Gasteiger partial charge < -0.3 is 0 Å². The van der Waals surface area contributed by atoms with Crippen LogP contribution in [0.2, 0.25) is 0 Å². The number of hydrogen-bond donors (Lipinski definition) is 1. The van der Waals surface area contributed by atoms with E-state index in [0.29, 0.717) is 16.9 Å². The number of allylic oxidation sites excluding steroid dienone is 2. The zero-order chi connectivity index (χ0) is 13.9. The predicted molar refractivity (Wildman–Crippen MR) is 75.8 cm³/mol. The second-order valence-electron chi connectivity index (χ2n) is 4.58. The molecule has 19 heavy (non-hydrogen) atoms. The minimum absolute atomic E-state index is 0.290. The lowest BCUT2D eigenvalue weighted by Crippen LogP contribution is -2.30. The molecule has 0 spiro atoms.